The van der Waals surface area contributed by atoms with Gasteiger partial charge in [-0.1, -0.05) is 30.0 Å². The molecular formula is C15H10F3N. The molecule has 2 aromatic carbocycles. The van der Waals surface area contributed by atoms with Crippen LogP contribution in [0.15, 0.2) is 42.5 Å². The monoisotopic (exact) mass is 261 g/mol. The van der Waals surface area contributed by atoms with Crippen molar-refractivity contribution in [1.82, 2.24) is 0 Å². The zero-order valence-corrected chi connectivity index (χ0v) is 9.88. The fourth-order valence-corrected chi connectivity index (χ4v) is 1.51. The van der Waals surface area contributed by atoms with E-state index in [1.165, 1.54) is 0 Å². The summed E-state index contributed by atoms with van der Waals surface area (Å²) in [6.07, 6.45) is 0. The lowest BCUT2D eigenvalue weighted by Gasteiger charge is -2.05. The van der Waals surface area contributed by atoms with Crippen molar-refractivity contribution >= 4 is 5.69 Å². The zero-order valence-electron chi connectivity index (χ0n) is 9.88. The quantitative estimate of drug-likeness (QED) is 0.815. The summed E-state index contributed by atoms with van der Waals surface area (Å²) in [6, 6.07) is 10.4. The predicted molar refractivity (Wildman–Crippen MR) is 68.1 cm³/mol. The van der Waals surface area contributed by atoms with Gasteiger partial charge < -0.3 is 5.32 Å². The fraction of sp³-hybridized carbons (Fsp3) is 0.0667. The first-order valence-corrected chi connectivity index (χ1v) is 5.59. The van der Waals surface area contributed by atoms with Crippen LogP contribution in [0, 0.1) is 29.3 Å². The van der Waals surface area contributed by atoms with E-state index in [-0.39, 0.29) is 12.2 Å². The molecule has 2 rings (SSSR count). The van der Waals surface area contributed by atoms with Crippen molar-refractivity contribution in [3.63, 3.8) is 0 Å². The van der Waals surface area contributed by atoms with Gasteiger partial charge in [-0.05, 0) is 12.1 Å². The standard InChI is InChI=1S/C15H10F3N/c16-12-9-13(17)15(14(18)10-12)19-8-4-7-11-5-2-1-3-6-11/h1-3,5-6,9-10,19H,8H2. The lowest BCUT2D eigenvalue weighted by Crippen LogP contribution is -2.04. The highest BCUT2D eigenvalue weighted by molar-refractivity contribution is 5.47. The van der Waals surface area contributed by atoms with E-state index in [0.29, 0.717) is 12.1 Å². The number of hydrogen-bond acceptors (Lipinski definition) is 1. The molecule has 19 heavy (non-hydrogen) atoms. The SMILES string of the molecule is Fc1cc(F)c(NCC#Cc2ccccc2)c(F)c1. The molecule has 0 heterocycles. The van der Waals surface area contributed by atoms with Crippen LogP contribution in [-0.2, 0) is 0 Å². The van der Waals surface area contributed by atoms with E-state index in [1.54, 1.807) is 0 Å². The Morgan fingerprint density at radius 1 is 0.947 bits per heavy atom. The van der Waals surface area contributed by atoms with Crippen LogP contribution in [0.1, 0.15) is 5.56 Å². The van der Waals surface area contributed by atoms with Gasteiger partial charge in [-0.2, -0.15) is 0 Å². The van der Waals surface area contributed by atoms with E-state index in [9.17, 15) is 13.2 Å². The summed E-state index contributed by atoms with van der Waals surface area (Å²) in [4.78, 5) is 0. The van der Waals surface area contributed by atoms with E-state index < -0.39 is 17.5 Å². The lowest BCUT2D eigenvalue weighted by molar-refractivity contribution is 0.548. The Bertz CT molecular complexity index is 604. The Morgan fingerprint density at radius 3 is 2.21 bits per heavy atom. The van der Waals surface area contributed by atoms with Gasteiger partial charge in [0.05, 0.1) is 6.54 Å². The Morgan fingerprint density at radius 2 is 1.58 bits per heavy atom. The normalized spacial score (nSPS) is 9.63. The summed E-state index contributed by atoms with van der Waals surface area (Å²) in [6.45, 7) is 0.0639. The number of hydrogen-bond donors (Lipinski definition) is 1. The van der Waals surface area contributed by atoms with Gasteiger partial charge in [0.1, 0.15) is 11.5 Å². The molecule has 0 spiro atoms. The van der Waals surface area contributed by atoms with Crippen LogP contribution < -0.4 is 5.32 Å². The highest BCUT2D eigenvalue weighted by Crippen LogP contribution is 2.19. The topological polar surface area (TPSA) is 12.0 Å². The molecule has 0 amide bonds. The van der Waals surface area contributed by atoms with E-state index >= 15 is 0 Å². The smallest absolute Gasteiger partial charge is 0.152 e. The van der Waals surface area contributed by atoms with Crippen molar-refractivity contribution in [2.45, 2.75) is 0 Å². The van der Waals surface area contributed by atoms with Gasteiger partial charge in [0.15, 0.2) is 11.6 Å². The third kappa shape index (κ3) is 3.52. The number of rotatable bonds is 2. The minimum Gasteiger partial charge on any atom is -0.369 e. The van der Waals surface area contributed by atoms with Crippen LogP contribution in [-0.4, -0.2) is 6.54 Å². The van der Waals surface area contributed by atoms with Crippen LogP contribution in [0.2, 0.25) is 0 Å². The van der Waals surface area contributed by atoms with Gasteiger partial charge in [0.2, 0.25) is 0 Å². The average molecular weight is 261 g/mol. The van der Waals surface area contributed by atoms with Gasteiger partial charge in [-0.15, -0.1) is 0 Å². The zero-order chi connectivity index (χ0) is 13.7. The summed E-state index contributed by atoms with van der Waals surface area (Å²) >= 11 is 0. The van der Waals surface area contributed by atoms with Crippen molar-refractivity contribution in [2.75, 3.05) is 11.9 Å². The molecule has 1 nitrogen and oxygen atoms in total. The van der Waals surface area contributed by atoms with Gasteiger partial charge in [-0.25, -0.2) is 13.2 Å². The second kappa shape index (κ2) is 5.96. The molecule has 0 aromatic heterocycles. The summed E-state index contributed by atoms with van der Waals surface area (Å²) in [5, 5.41) is 2.49. The van der Waals surface area contributed by atoms with Crippen LogP contribution in [0.5, 0.6) is 0 Å². The molecule has 0 saturated carbocycles. The Hall–Kier alpha value is -2.41. The molecule has 0 bridgehead atoms. The molecule has 1 N–H and O–H groups in total. The Balaban J connectivity index is 2.03. The minimum absolute atomic E-state index is 0.0639. The van der Waals surface area contributed by atoms with Crippen molar-refractivity contribution in [3.8, 4) is 11.8 Å². The number of anilines is 1. The second-order valence-electron chi connectivity index (χ2n) is 3.77. The van der Waals surface area contributed by atoms with Crippen molar-refractivity contribution < 1.29 is 13.2 Å². The van der Waals surface area contributed by atoms with Gasteiger partial charge >= 0.3 is 0 Å². The van der Waals surface area contributed by atoms with Crippen molar-refractivity contribution in [2.24, 2.45) is 0 Å². The molecule has 0 fully saturated rings. The summed E-state index contributed by atoms with van der Waals surface area (Å²) in [7, 11) is 0. The number of benzene rings is 2. The van der Waals surface area contributed by atoms with Crippen LogP contribution in [0.3, 0.4) is 0 Å². The van der Waals surface area contributed by atoms with Crippen molar-refractivity contribution in [3.05, 3.63) is 65.5 Å². The van der Waals surface area contributed by atoms with Gasteiger partial charge in [-0.3, -0.25) is 0 Å². The van der Waals surface area contributed by atoms with Gasteiger partial charge in [0.25, 0.3) is 0 Å². The summed E-state index contributed by atoms with van der Waals surface area (Å²) in [5.41, 5.74) is 0.438. The molecule has 0 aliphatic carbocycles. The van der Waals surface area contributed by atoms with Crippen molar-refractivity contribution in [1.29, 1.82) is 0 Å². The van der Waals surface area contributed by atoms with E-state index in [4.69, 9.17) is 0 Å². The third-order valence-corrected chi connectivity index (χ3v) is 2.37. The highest BCUT2D eigenvalue weighted by Gasteiger charge is 2.09. The molecule has 0 aliphatic heterocycles. The molecule has 0 atom stereocenters. The molecule has 0 radical (unpaired) electrons. The lowest BCUT2D eigenvalue weighted by atomic mass is 10.2. The largest absolute Gasteiger partial charge is 0.369 e. The van der Waals surface area contributed by atoms with Crippen LogP contribution in [0.25, 0.3) is 0 Å². The van der Waals surface area contributed by atoms with Crippen LogP contribution >= 0.6 is 0 Å². The Labute approximate surface area is 109 Å². The fourth-order valence-electron chi connectivity index (χ4n) is 1.51. The molecule has 96 valence electrons. The molecule has 0 aliphatic rings. The van der Waals surface area contributed by atoms with E-state index in [2.05, 4.69) is 17.2 Å². The second-order valence-corrected chi connectivity index (χ2v) is 3.77. The maximum absolute atomic E-state index is 13.3. The first-order chi connectivity index (χ1) is 9.16. The first kappa shape index (κ1) is 13.0. The molecular weight excluding hydrogens is 251 g/mol. The van der Waals surface area contributed by atoms with E-state index in [0.717, 1.165) is 5.56 Å². The maximum atomic E-state index is 13.3. The van der Waals surface area contributed by atoms with Gasteiger partial charge in [0, 0.05) is 17.7 Å². The Kier molecular flexibility index (Phi) is 4.09. The highest BCUT2D eigenvalue weighted by atomic mass is 19.1. The molecule has 0 unspecified atom stereocenters. The first-order valence-electron chi connectivity index (χ1n) is 5.59. The summed E-state index contributed by atoms with van der Waals surface area (Å²) in [5.74, 6) is 2.67. The molecule has 0 saturated heterocycles. The number of nitrogens with one attached hydrogen (secondary N) is 1. The molecule has 2 aromatic rings. The summed E-state index contributed by atoms with van der Waals surface area (Å²) < 4.78 is 39.2. The maximum Gasteiger partial charge on any atom is 0.152 e. The van der Waals surface area contributed by atoms with E-state index in [1.807, 2.05) is 30.3 Å². The van der Waals surface area contributed by atoms with Crippen LogP contribution in [0.4, 0.5) is 18.9 Å². The predicted octanol–water partition coefficient (Wildman–Crippen LogP) is 3.57. The minimum atomic E-state index is -0.973. The number of halogens is 3. The molecule has 4 heteroatoms. The third-order valence-electron chi connectivity index (χ3n) is 2.37. The average Bonchev–Trinajstić information content (AvgIpc) is 2.38.